The minimum Gasteiger partial charge on any atom is -0.392 e. The molecule has 2 bridgehead atoms. The van der Waals surface area contributed by atoms with Crippen LogP contribution in [-0.4, -0.2) is 11.2 Å². The van der Waals surface area contributed by atoms with Crippen molar-refractivity contribution in [2.75, 3.05) is 0 Å². The van der Waals surface area contributed by atoms with E-state index in [-0.39, 0.29) is 6.10 Å². The smallest absolute Gasteiger partial charge is 0.0608 e. The molecule has 1 fully saturated rings. The summed E-state index contributed by atoms with van der Waals surface area (Å²) in [6.07, 6.45) is 6.60. The summed E-state index contributed by atoms with van der Waals surface area (Å²) in [6.45, 7) is 0. The highest BCUT2D eigenvalue weighted by Gasteiger charge is 2.33. The van der Waals surface area contributed by atoms with Crippen molar-refractivity contribution >= 4 is 0 Å². The summed E-state index contributed by atoms with van der Waals surface area (Å²) in [5.74, 6) is 1.23. The summed E-state index contributed by atoms with van der Waals surface area (Å²) in [4.78, 5) is 0. The molecule has 1 heteroatoms. The lowest BCUT2D eigenvalue weighted by atomic mass is 10.1. The molecule has 0 heterocycles. The van der Waals surface area contributed by atoms with Gasteiger partial charge in [-0.2, -0.15) is 0 Å². The Hall–Kier alpha value is -0.300. The van der Waals surface area contributed by atoms with Crippen LogP contribution in [0.15, 0.2) is 12.2 Å². The maximum atomic E-state index is 9.17. The molecule has 2 rings (SSSR count). The minimum absolute atomic E-state index is 0.00926. The van der Waals surface area contributed by atoms with Gasteiger partial charge in [0.1, 0.15) is 0 Å². The zero-order valence-corrected chi connectivity index (χ0v) is 4.75. The number of hydrogen-bond acceptors (Lipinski definition) is 1. The molecule has 44 valence electrons. The van der Waals surface area contributed by atoms with Gasteiger partial charge in [-0.25, -0.2) is 0 Å². The number of allylic oxidation sites excluding steroid dienone is 1. The van der Waals surface area contributed by atoms with Gasteiger partial charge >= 0.3 is 0 Å². The fourth-order valence-corrected chi connectivity index (χ4v) is 1.75. The second kappa shape index (κ2) is 1.35. The standard InChI is InChI=1S/C7H10O/c8-7-4-5-1-2-6(7)3-5/h1-2,5-8H,3-4H2/t5-,6-,7+/m0/s1. The highest BCUT2D eigenvalue weighted by Crippen LogP contribution is 2.38. The van der Waals surface area contributed by atoms with Crippen LogP contribution in [0.2, 0.25) is 0 Å². The number of hydrogen-bond donors (Lipinski definition) is 1. The number of rotatable bonds is 0. The van der Waals surface area contributed by atoms with Gasteiger partial charge in [0.05, 0.1) is 6.10 Å². The van der Waals surface area contributed by atoms with E-state index in [1.165, 1.54) is 6.42 Å². The van der Waals surface area contributed by atoms with Crippen LogP contribution in [0, 0.1) is 11.8 Å². The van der Waals surface area contributed by atoms with Gasteiger partial charge in [-0.3, -0.25) is 0 Å². The third kappa shape index (κ3) is 0.451. The number of aliphatic hydroxyl groups is 1. The quantitative estimate of drug-likeness (QED) is 0.460. The Bertz CT molecular complexity index is 128. The fourth-order valence-electron chi connectivity index (χ4n) is 1.75. The first-order valence-electron chi connectivity index (χ1n) is 3.22. The second-order valence-electron chi connectivity index (χ2n) is 2.85. The van der Waals surface area contributed by atoms with E-state index in [9.17, 15) is 0 Å². The van der Waals surface area contributed by atoms with Gasteiger partial charge in [-0.15, -0.1) is 0 Å². The van der Waals surface area contributed by atoms with Crippen molar-refractivity contribution in [3.63, 3.8) is 0 Å². The van der Waals surface area contributed by atoms with Crippen LogP contribution in [0.4, 0.5) is 0 Å². The lowest BCUT2D eigenvalue weighted by Gasteiger charge is -2.08. The number of aliphatic hydroxyl groups excluding tert-OH is 1. The summed E-state index contributed by atoms with van der Waals surface area (Å²) >= 11 is 0. The molecule has 1 saturated carbocycles. The molecule has 0 aliphatic heterocycles. The van der Waals surface area contributed by atoms with Gasteiger partial charge < -0.3 is 5.11 Å². The van der Waals surface area contributed by atoms with Crippen molar-refractivity contribution in [3.05, 3.63) is 12.2 Å². The van der Waals surface area contributed by atoms with Crippen LogP contribution < -0.4 is 0 Å². The largest absolute Gasteiger partial charge is 0.392 e. The van der Waals surface area contributed by atoms with E-state index in [0.717, 1.165) is 12.3 Å². The van der Waals surface area contributed by atoms with Crippen LogP contribution in [0.25, 0.3) is 0 Å². The first-order valence-corrected chi connectivity index (χ1v) is 3.22. The van der Waals surface area contributed by atoms with Crippen LogP contribution in [0.5, 0.6) is 0 Å². The van der Waals surface area contributed by atoms with Crippen molar-refractivity contribution in [2.45, 2.75) is 18.9 Å². The first kappa shape index (κ1) is 4.57. The van der Waals surface area contributed by atoms with Crippen molar-refractivity contribution < 1.29 is 5.11 Å². The molecule has 3 atom stereocenters. The molecule has 1 N–H and O–H groups in total. The summed E-state index contributed by atoms with van der Waals surface area (Å²) in [5, 5.41) is 9.17. The van der Waals surface area contributed by atoms with Crippen molar-refractivity contribution in [3.8, 4) is 0 Å². The third-order valence-corrected chi connectivity index (χ3v) is 2.24. The predicted molar refractivity (Wildman–Crippen MR) is 31.4 cm³/mol. The average molecular weight is 110 g/mol. The molecule has 1 nitrogen and oxygen atoms in total. The van der Waals surface area contributed by atoms with Gasteiger partial charge in [0.15, 0.2) is 0 Å². The Morgan fingerprint density at radius 1 is 1.25 bits per heavy atom. The summed E-state index contributed by atoms with van der Waals surface area (Å²) in [5.41, 5.74) is 0. The van der Waals surface area contributed by atoms with E-state index in [1.54, 1.807) is 0 Å². The summed E-state index contributed by atoms with van der Waals surface area (Å²) in [6, 6.07) is 0. The van der Waals surface area contributed by atoms with Gasteiger partial charge in [0, 0.05) is 5.92 Å². The highest BCUT2D eigenvalue weighted by atomic mass is 16.3. The molecule has 0 spiro atoms. The third-order valence-electron chi connectivity index (χ3n) is 2.24. The van der Waals surface area contributed by atoms with E-state index >= 15 is 0 Å². The van der Waals surface area contributed by atoms with Gasteiger partial charge in [0.25, 0.3) is 0 Å². The van der Waals surface area contributed by atoms with Gasteiger partial charge in [-0.05, 0) is 18.8 Å². The second-order valence-corrected chi connectivity index (χ2v) is 2.85. The van der Waals surface area contributed by atoms with Crippen molar-refractivity contribution in [1.82, 2.24) is 0 Å². The zero-order chi connectivity index (χ0) is 5.56. The molecule has 0 amide bonds. The van der Waals surface area contributed by atoms with E-state index < -0.39 is 0 Å². The van der Waals surface area contributed by atoms with E-state index in [4.69, 9.17) is 5.11 Å². The zero-order valence-electron chi connectivity index (χ0n) is 4.75. The summed E-state index contributed by atoms with van der Waals surface area (Å²) < 4.78 is 0. The Balaban J connectivity index is 2.23. The Morgan fingerprint density at radius 3 is 2.38 bits per heavy atom. The van der Waals surface area contributed by atoms with Crippen molar-refractivity contribution in [2.24, 2.45) is 11.8 Å². The van der Waals surface area contributed by atoms with Crippen LogP contribution in [0.3, 0.4) is 0 Å². The molecule has 0 aromatic rings. The Morgan fingerprint density at radius 2 is 2.12 bits per heavy atom. The fraction of sp³-hybridized carbons (Fsp3) is 0.714. The molecule has 2 aliphatic rings. The topological polar surface area (TPSA) is 20.2 Å². The molecule has 0 aromatic heterocycles. The molecule has 2 aliphatic carbocycles. The predicted octanol–water partition coefficient (Wildman–Crippen LogP) is 0.943. The Kier molecular flexibility index (Phi) is 0.770. The number of fused-ring (bicyclic) bond motifs is 2. The maximum absolute atomic E-state index is 9.17. The average Bonchev–Trinajstić information content (AvgIpc) is 2.23. The Labute approximate surface area is 49.0 Å². The van der Waals surface area contributed by atoms with E-state index in [0.29, 0.717) is 5.92 Å². The van der Waals surface area contributed by atoms with Gasteiger partial charge in [0.2, 0.25) is 0 Å². The van der Waals surface area contributed by atoms with Crippen LogP contribution in [-0.2, 0) is 0 Å². The normalized spacial score (nSPS) is 50.9. The maximum Gasteiger partial charge on any atom is 0.0608 e. The lowest BCUT2D eigenvalue weighted by molar-refractivity contribution is 0.148. The van der Waals surface area contributed by atoms with Crippen LogP contribution >= 0.6 is 0 Å². The molecular weight excluding hydrogens is 100 g/mol. The molecule has 0 aromatic carbocycles. The minimum atomic E-state index is -0.00926. The summed E-state index contributed by atoms with van der Waals surface area (Å²) in [7, 11) is 0. The lowest BCUT2D eigenvalue weighted by Crippen LogP contribution is -2.11. The molecule has 0 radical (unpaired) electrons. The first-order chi connectivity index (χ1) is 3.86. The van der Waals surface area contributed by atoms with Crippen molar-refractivity contribution in [1.29, 1.82) is 0 Å². The SMILES string of the molecule is O[C@@H]1C[C@H]2C=C[C@H]1C2. The monoisotopic (exact) mass is 110 g/mol. The van der Waals surface area contributed by atoms with E-state index in [2.05, 4.69) is 12.2 Å². The van der Waals surface area contributed by atoms with E-state index in [1.807, 2.05) is 0 Å². The molecular formula is C7H10O. The van der Waals surface area contributed by atoms with Crippen LogP contribution in [0.1, 0.15) is 12.8 Å². The molecule has 0 unspecified atom stereocenters. The molecule has 0 saturated heterocycles. The van der Waals surface area contributed by atoms with Gasteiger partial charge in [-0.1, -0.05) is 12.2 Å². The molecule has 8 heavy (non-hydrogen) atoms. The highest BCUT2D eigenvalue weighted by molar-refractivity contribution is 5.10.